The second-order valence-corrected chi connectivity index (χ2v) is 9.36. The van der Waals surface area contributed by atoms with Crippen LogP contribution in [0.5, 0.6) is 0 Å². The van der Waals surface area contributed by atoms with Gasteiger partial charge in [0.15, 0.2) is 0 Å². The molecule has 32 heavy (non-hydrogen) atoms. The first-order valence-corrected chi connectivity index (χ1v) is 11.3. The predicted octanol–water partition coefficient (Wildman–Crippen LogP) is -0.100. The summed E-state index contributed by atoms with van der Waals surface area (Å²) in [6.45, 7) is 1.60. The van der Waals surface area contributed by atoms with Crippen molar-refractivity contribution in [3.63, 3.8) is 0 Å². The third-order valence-corrected chi connectivity index (χ3v) is 7.56. The number of primary amides is 1. The topological polar surface area (TPSA) is 137 Å². The maximum absolute atomic E-state index is 13.3. The largest absolute Gasteiger partial charge is 0.366 e. The summed E-state index contributed by atoms with van der Waals surface area (Å²) in [5.41, 5.74) is 14.3. The smallest absolute Gasteiger partial charge is 0.248 e. The number of likely N-dealkylation sites (tertiary alicyclic amines) is 3. The quantitative estimate of drug-likeness (QED) is 0.661. The van der Waals surface area contributed by atoms with E-state index < -0.39 is 18.0 Å². The molecule has 9 nitrogen and oxygen atoms in total. The van der Waals surface area contributed by atoms with Crippen molar-refractivity contribution in [2.75, 3.05) is 19.6 Å². The van der Waals surface area contributed by atoms with Crippen LogP contribution in [0.3, 0.4) is 0 Å². The molecular weight excluding hydrogens is 408 g/mol. The van der Waals surface area contributed by atoms with Gasteiger partial charge in [0.05, 0.1) is 24.2 Å². The minimum absolute atomic E-state index is 0.0212. The number of aryl methyl sites for hydroxylation is 1. The molecule has 168 valence electrons. The lowest BCUT2D eigenvalue weighted by atomic mass is 10.0. The van der Waals surface area contributed by atoms with Crippen LogP contribution in [0.1, 0.15) is 53.2 Å². The molecule has 5 rings (SSSR count). The summed E-state index contributed by atoms with van der Waals surface area (Å²) < 4.78 is 0. The Kier molecular flexibility index (Phi) is 5.14. The molecule has 1 aliphatic carbocycles. The highest BCUT2D eigenvalue weighted by Crippen LogP contribution is 2.44. The standard InChI is InChI=1S/C23H28N6O3/c24-10-15-2-1-7-28(15)22(31)18(25)12-27-11-16-9-20(27)23(32)29(16)19-6-4-13-8-14(21(26)30)3-5-17(13)19/h3,5,8,15-16,18-20H,1-2,4,6-7,9,11-12,25H2,(H2,26,30)/t15-,16-,18-,19-,20-/m0/s1. The number of piperazine rings is 1. The highest BCUT2D eigenvalue weighted by Gasteiger charge is 2.53. The summed E-state index contributed by atoms with van der Waals surface area (Å²) in [5.74, 6) is -0.547. The summed E-state index contributed by atoms with van der Waals surface area (Å²) in [6, 6.07) is 6.44. The van der Waals surface area contributed by atoms with Crippen LogP contribution < -0.4 is 11.5 Å². The van der Waals surface area contributed by atoms with Gasteiger partial charge in [-0.1, -0.05) is 6.07 Å². The molecule has 0 radical (unpaired) electrons. The Balaban J connectivity index is 1.25. The average Bonchev–Trinajstić information content (AvgIpc) is 3.55. The molecule has 3 amide bonds. The number of fused-ring (bicyclic) bond motifs is 3. The van der Waals surface area contributed by atoms with Gasteiger partial charge in [0.25, 0.3) is 0 Å². The first-order chi connectivity index (χ1) is 15.4. The second-order valence-electron chi connectivity index (χ2n) is 9.36. The van der Waals surface area contributed by atoms with E-state index in [2.05, 4.69) is 6.07 Å². The van der Waals surface area contributed by atoms with Crippen LogP contribution in [0.15, 0.2) is 18.2 Å². The summed E-state index contributed by atoms with van der Waals surface area (Å²) in [7, 11) is 0. The second kappa shape index (κ2) is 7.87. The number of hydrogen-bond donors (Lipinski definition) is 2. The van der Waals surface area contributed by atoms with Crippen molar-refractivity contribution in [3.8, 4) is 6.07 Å². The number of carbonyl (C=O) groups is 3. The molecular formula is C23H28N6O3. The normalized spacial score (nSPS) is 29.9. The van der Waals surface area contributed by atoms with Crippen LogP contribution in [0.25, 0.3) is 0 Å². The van der Waals surface area contributed by atoms with Gasteiger partial charge in [-0.2, -0.15) is 5.26 Å². The highest BCUT2D eigenvalue weighted by molar-refractivity contribution is 5.93. The van der Waals surface area contributed by atoms with Gasteiger partial charge >= 0.3 is 0 Å². The molecule has 4 N–H and O–H groups in total. The summed E-state index contributed by atoms with van der Waals surface area (Å²) in [6.07, 6.45) is 3.93. The van der Waals surface area contributed by atoms with E-state index >= 15 is 0 Å². The molecule has 3 fully saturated rings. The van der Waals surface area contributed by atoms with Gasteiger partial charge in [-0.15, -0.1) is 0 Å². The SMILES string of the molecule is N#C[C@@H]1CCCN1C(=O)[C@@H](N)CN1C[C@@H]2C[C@H]1C(=O)N2[C@H]1CCc2cc(C(N)=O)ccc21. The van der Waals surface area contributed by atoms with Crippen LogP contribution in [0.4, 0.5) is 0 Å². The Morgan fingerprint density at radius 3 is 2.78 bits per heavy atom. The molecule has 5 atom stereocenters. The number of benzene rings is 1. The van der Waals surface area contributed by atoms with E-state index in [1.807, 2.05) is 21.9 Å². The number of nitrogens with two attached hydrogens (primary N) is 2. The molecule has 1 aromatic carbocycles. The van der Waals surface area contributed by atoms with Crippen molar-refractivity contribution < 1.29 is 14.4 Å². The van der Waals surface area contributed by atoms with Gasteiger partial charge in [-0.3, -0.25) is 19.3 Å². The Labute approximate surface area is 186 Å². The third-order valence-electron chi connectivity index (χ3n) is 7.56. The van der Waals surface area contributed by atoms with Gasteiger partial charge in [0.1, 0.15) is 6.04 Å². The van der Waals surface area contributed by atoms with Gasteiger partial charge in [-0.25, -0.2) is 0 Å². The van der Waals surface area contributed by atoms with Crippen molar-refractivity contribution in [1.82, 2.24) is 14.7 Å². The monoisotopic (exact) mass is 436 g/mol. The fourth-order valence-corrected chi connectivity index (χ4v) is 6.05. The Hall–Kier alpha value is -2.96. The molecule has 0 aromatic heterocycles. The number of amides is 3. The lowest BCUT2D eigenvalue weighted by Gasteiger charge is -2.38. The summed E-state index contributed by atoms with van der Waals surface area (Å²) >= 11 is 0. The van der Waals surface area contributed by atoms with E-state index in [9.17, 15) is 19.6 Å². The number of rotatable bonds is 5. The molecule has 3 saturated heterocycles. The van der Waals surface area contributed by atoms with Gasteiger partial charge in [0, 0.05) is 31.2 Å². The van der Waals surface area contributed by atoms with Crippen LogP contribution >= 0.6 is 0 Å². The van der Waals surface area contributed by atoms with Crippen LogP contribution in [-0.4, -0.2) is 76.2 Å². The van der Waals surface area contributed by atoms with E-state index in [1.54, 1.807) is 11.0 Å². The minimum Gasteiger partial charge on any atom is -0.366 e. The van der Waals surface area contributed by atoms with Crippen molar-refractivity contribution in [3.05, 3.63) is 34.9 Å². The van der Waals surface area contributed by atoms with Crippen LogP contribution in [0, 0.1) is 11.3 Å². The van der Waals surface area contributed by atoms with E-state index in [1.165, 1.54) is 0 Å². The zero-order chi connectivity index (χ0) is 22.6. The fraction of sp³-hybridized carbons (Fsp3) is 0.565. The Bertz CT molecular complexity index is 1020. The van der Waals surface area contributed by atoms with E-state index in [4.69, 9.17) is 11.5 Å². The maximum Gasteiger partial charge on any atom is 0.248 e. The molecule has 4 aliphatic rings. The number of nitriles is 1. The third kappa shape index (κ3) is 3.26. The van der Waals surface area contributed by atoms with Gasteiger partial charge in [-0.05, 0) is 55.4 Å². The Morgan fingerprint density at radius 2 is 2.06 bits per heavy atom. The molecule has 0 unspecified atom stereocenters. The molecule has 9 heteroatoms. The molecule has 1 aromatic rings. The van der Waals surface area contributed by atoms with Crippen molar-refractivity contribution in [2.45, 2.75) is 62.3 Å². The number of hydrogen-bond acceptors (Lipinski definition) is 6. The summed E-state index contributed by atoms with van der Waals surface area (Å²) in [5, 5.41) is 9.25. The molecule has 2 bridgehead atoms. The first-order valence-electron chi connectivity index (χ1n) is 11.3. The highest BCUT2D eigenvalue weighted by atomic mass is 16.2. The molecule has 0 spiro atoms. The molecule has 3 aliphatic heterocycles. The van der Waals surface area contributed by atoms with E-state index in [0.29, 0.717) is 31.6 Å². The van der Waals surface area contributed by atoms with Crippen molar-refractivity contribution >= 4 is 17.7 Å². The van der Waals surface area contributed by atoms with Gasteiger partial charge < -0.3 is 21.3 Å². The minimum atomic E-state index is -0.732. The molecule has 3 heterocycles. The van der Waals surface area contributed by atoms with E-state index in [-0.39, 0.29) is 29.9 Å². The summed E-state index contributed by atoms with van der Waals surface area (Å²) in [4.78, 5) is 43.2. The predicted molar refractivity (Wildman–Crippen MR) is 115 cm³/mol. The zero-order valence-corrected chi connectivity index (χ0v) is 17.9. The Morgan fingerprint density at radius 1 is 1.25 bits per heavy atom. The van der Waals surface area contributed by atoms with Crippen molar-refractivity contribution in [2.24, 2.45) is 11.5 Å². The van der Waals surface area contributed by atoms with Crippen LogP contribution in [-0.2, 0) is 16.0 Å². The van der Waals surface area contributed by atoms with Gasteiger partial charge in [0.2, 0.25) is 17.7 Å². The van der Waals surface area contributed by atoms with Crippen molar-refractivity contribution in [1.29, 1.82) is 5.26 Å². The lowest BCUT2D eigenvalue weighted by Crippen LogP contribution is -2.56. The average molecular weight is 437 g/mol. The number of carbonyl (C=O) groups excluding carboxylic acids is 3. The zero-order valence-electron chi connectivity index (χ0n) is 17.9. The van der Waals surface area contributed by atoms with E-state index in [0.717, 1.165) is 36.8 Å². The lowest BCUT2D eigenvalue weighted by molar-refractivity contribution is -0.141. The maximum atomic E-state index is 13.3. The molecule has 0 saturated carbocycles. The number of nitrogens with zero attached hydrogens (tertiary/aromatic N) is 4. The van der Waals surface area contributed by atoms with Crippen LogP contribution in [0.2, 0.25) is 0 Å². The fourth-order valence-electron chi connectivity index (χ4n) is 6.05. The first kappa shape index (κ1) is 20.9.